The quantitative estimate of drug-likeness (QED) is 0.813. The van der Waals surface area contributed by atoms with Crippen molar-refractivity contribution in [1.82, 2.24) is 15.0 Å². The van der Waals surface area contributed by atoms with E-state index in [1.54, 1.807) is 0 Å². The number of aromatic nitrogens is 3. The van der Waals surface area contributed by atoms with Crippen LogP contribution >= 0.6 is 0 Å². The molecule has 108 valence electrons. The second-order valence-corrected chi connectivity index (χ2v) is 4.99. The van der Waals surface area contributed by atoms with E-state index < -0.39 is 0 Å². The summed E-state index contributed by atoms with van der Waals surface area (Å²) in [6.45, 7) is 7.48. The molecule has 0 bridgehead atoms. The van der Waals surface area contributed by atoms with Gasteiger partial charge in [0, 0.05) is 26.7 Å². The van der Waals surface area contributed by atoms with Gasteiger partial charge in [0.25, 0.3) is 0 Å². The van der Waals surface area contributed by atoms with Gasteiger partial charge < -0.3 is 15.5 Å². The molecule has 1 rings (SSSR count). The normalized spacial score (nSPS) is 12.3. The van der Waals surface area contributed by atoms with Gasteiger partial charge in [-0.25, -0.2) is 0 Å². The van der Waals surface area contributed by atoms with E-state index >= 15 is 0 Å². The summed E-state index contributed by atoms with van der Waals surface area (Å²) in [4.78, 5) is 17.0. The van der Waals surface area contributed by atoms with Crippen molar-refractivity contribution in [2.75, 3.05) is 36.2 Å². The third-order valence-electron chi connectivity index (χ3n) is 3.16. The Balaban J connectivity index is 3.06. The van der Waals surface area contributed by atoms with Crippen LogP contribution in [0.15, 0.2) is 0 Å². The minimum atomic E-state index is 0.276. The Morgan fingerprint density at radius 3 is 2.26 bits per heavy atom. The zero-order valence-corrected chi connectivity index (χ0v) is 12.7. The lowest BCUT2D eigenvalue weighted by Gasteiger charge is -2.29. The number of anilines is 3. The number of rotatable bonds is 7. The van der Waals surface area contributed by atoms with Crippen LogP contribution in [0.1, 0.15) is 40.0 Å². The van der Waals surface area contributed by atoms with Crippen LogP contribution in [0, 0.1) is 0 Å². The molecule has 0 saturated carbocycles. The maximum absolute atomic E-state index is 5.79. The summed E-state index contributed by atoms with van der Waals surface area (Å²) in [5, 5.41) is 0. The molecule has 0 aliphatic heterocycles. The topological polar surface area (TPSA) is 71.2 Å². The Bertz CT molecular complexity index is 393. The van der Waals surface area contributed by atoms with Crippen LogP contribution in [0.3, 0.4) is 0 Å². The first kappa shape index (κ1) is 15.5. The molecule has 1 aromatic rings. The zero-order chi connectivity index (χ0) is 14.4. The van der Waals surface area contributed by atoms with Crippen LogP contribution in [0.4, 0.5) is 17.8 Å². The molecule has 0 spiro atoms. The molecule has 1 unspecified atom stereocenters. The third-order valence-corrected chi connectivity index (χ3v) is 3.16. The van der Waals surface area contributed by atoms with Crippen molar-refractivity contribution >= 4 is 17.8 Å². The van der Waals surface area contributed by atoms with Crippen LogP contribution in [-0.4, -0.2) is 41.6 Å². The van der Waals surface area contributed by atoms with Gasteiger partial charge in [-0.3, -0.25) is 0 Å². The summed E-state index contributed by atoms with van der Waals surface area (Å²) in [5.74, 6) is 1.56. The number of hydrogen-bond donors (Lipinski definition) is 1. The maximum atomic E-state index is 5.79. The van der Waals surface area contributed by atoms with Gasteiger partial charge in [0.05, 0.1) is 0 Å². The first-order valence-corrected chi connectivity index (χ1v) is 6.95. The summed E-state index contributed by atoms with van der Waals surface area (Å²) in [7, 11) is 3.80. The highest BCUT2D eigenvalue weighted by atomic mass is 15.3. The largest absolute Gasteiger partial charge is 0.368 e. The number of nitrogens with zero attached hydrogens (tertiary/aromatic N) is 5. The van der Waals surface area contributed by atoms with Gasteiger partial charge >= 0.3 is 0 Å². The summed E-state index contributed by atoms with van der Waals surface area (Å²) in [5.41, 5.74) is 5.79. The Kier molecular flexibility index (Phi) is 5.79. The Labute approximate surface area is 116 Å². The van der Waals surface area contributed by atoms with E-state index in [1.165, 1.54) is 0 Å². The van der Waals surface area contributed by atoms with E-state index in [-0.39, 0.29) is 5.95 Å². The SMILES string of the molecule is CCCCN(c1nc(N)nc(N(C)C)n1)C(C)CC. The minimum absolute atomic E-state index is 0.276. The van der Waals surface area contributed by atoms with Crippen LogP contribution < -0.4 is 15.5 Å². The molecular weight excluding hydrogens is 240 g/mol. The molecule has 6 heteroatoms. The van der Waals surface area contributed by atoms with Gasteiger partial charge in [0.15, 0.2) is 0 Å². The van der Waals surface area contributed by atoms with Crippen LogP contribution in [0.25, 0.3) is 0 Å². The average Bonchev–Trinajstić information content (AvgIpc) is 2.38. The van der Waals surface area contributed by atoms with Gasteiger partial charge in [-0.15, -0.1) is 0 Å². The van der Waals surface area contributed by atoms with Crippen molar-refractivity contribution < 1.29 is 0 Å². The average molecular weight is 266 g/mol. The van der Waals surface area contributed by atoms with Crippen LogP contribution in [0.2, 0.25) is 0 Å². The van der Waals surface area contributed by atoms with Gasteiger partial charge in [0.1, 0.15) is 0 Å². The van der Waals surface area contributed by atoms with Crippen LogP contribution in [0.5, 0.6) is 0 Å². The molecule has 0 saturated heterocycles. The third kappa shape index (κ3) is 4.22. The Hall–Kier alpha value is -1.59. The van der Waals surface area contributed by atoms with Crippen molar-refractivity contribution in [1.29, 1.82) is 0 Å². The molecule has 19 heavy (non-hydrogen) atoms. The number of hydrogen-bond acceptors (Lipinski definition) is 6. The molecule has 1 aromatic heterocycles. The van der Waals surface area contributed by atoms with Gasteiger partial charge in [-0.1, -0.05) is 20.3 Å². The van der Waals surface area contributed by atoms with Crippen molar-refractivity contribution in [3.8, 4) is 0 Å². The predicted octanol–water partition coefficient (Wildman–Crippen LogP) is 1.92. The number of nitrogen functional groups attached to an aromatic ring is 1. The first-order valence-electron chi connectivity index (χ1n) is 6.95. The highest BCUT2D eigenvalue weighted by Crippen LogP contribution is 2.18. The summed E-state index contributed by atoms with van der Waals surface area (Å²) < 4.78 is 0. The van der Waals surface area contributed by atoms with E-state index in [2.05, 4.69) is 40.6 Å². The highest BCUT2D eigenvalue weighted by Gasteiger charge is 2.17. The molecule has 2 N–H and O–H groups in total. The molecule has 0 aromatic carbocycles. The van der Waals surface area contributed by atoms with E-state index in [9.17, 15) is 0 Å². The van der Waals surface area contributed by atoms with Gasteiger partial charge in [0.2, 0.25) is 17.8 Å². The molecule has 1 heterocycles. The van der Waals surface area contributed by atoms with E-state index in [0.29, 0.717) is 17.9 Å². The lowest BCUT2D eigenvalue weighted by atomic mass is 10.2. The molecule has 0 amide bonds. The van der Waals surface area contributed by atoms with Gasteiger partial charge in [-0.05, 0) is 19.8 Å². The Morgan fingerprint density at radius 2 is 1.74 bits per heavy atom. The molecule has 0 radical (unpaired) electrons. The predicted molar refractivity (Wildman–Crippen MR) is 80.6 cm³/mol. The number of nitrogens with two attached hydrogens (primary N) is 1. The minimum Gasteiger partial charge on any atom is -0.368 e. The van der Waals surface area contributed by atoms with Crippen LogP contribution in [-0.2, 0) is 0 Å². The van der Waals surface area contributed by atoms with Crippen molar-refractivity contribution in [3.05, 3.63) is 0 Å². The lowest BCUT2D eigenvalue weighted by Crippen LogP contribution is -2.35. The zero-order valence-electron chi connectivity index (χ0n) is 12.7. The summed E-state index contributed by atoms with van der Waals surface area (Å²) in [6.07, 6.45) is 3.31. The molecule has 6 nitrogen and oxygen atoms in total. The first-order chi connectivity index (χ1) is 8.99. The van der Waals surface area contributed by atoms with E-state index in [1.807, 2.05) is 19.0 Å². The molecule has 1 atom stereocenters. The van der Waals surface area contributed by atoms with E-state index in [0.717, 1.165) is 25.8 Å². The monoisotopic (exact) mass is 266 g/mol. The second-order valence-electron chi connectivity index (χ2n) is 4.99. The summed E-state index contributed by atoms with van der Waals surface area (Å²) >= 11 is 0. The number of unbranched alkanes of at least 4 members (excludes halogenated alkanes) is 1. The van der Waals surface area contributed by atoms with Crippen molar-refractivity contribution in [2.45, 2.75) is 46.1 Å². The molecule has 0 aliphatic carbocycles. The standard InChI is InChI=1S/C13H26N6/c1-6-8-9-19(10(3)7-2)13-16-11(14)15-12(17-13)18(4)5/h10H,6-9H2,1-5H3,(H2,14,15,16,17). The summed E-state index contributed by atoms with van der Waals surface area (Å²) in [6, 6.07) is 0.392. The smallest absolute Gasteiger partial charge is 0.232 e. The van der Waals surface area contributed by atoms with Crippen molar-refractivity contribution in [2.24, 2.45) is 0 Å². The molecule has 0 aliphatic rings. The highest BCUT2D eigenvalue weighted by molar-refractivity contribution is 5.43. The lowest BCUT2D eigenvalue weighted by molar-refractivity contribution is 0.581. The Morgan fingerprint density at radius 1 is 1.11 bits per heavy atom. The van der Waals surface area contributed by atoms with Crippen molar-refractivity contribution in [3.63, 3.8) is 0 Å². The molecule has 0 fully saturated rings. The molecular formula is C13H26N6. The fourth-order valence-corrected chi connectivity index (χ4v) is 1.76. The maximum Gasteiger partial charge on any atom is 0.232 e. The second kappa shape index (κ2) is 7.11. The fraction of sp³-hybridized carbons (Fsp3) is 0.769. The fourth-order valence-electron chi connectivity index (χ4n) is 1.76. The van der Waals surface area contributed by atoms with Gasteiger partial charge in [-0.2, -0.15) is 15.0 Å². The van der Waals surface area contributed by atoms with E-state index in [4.69, 9.17) is 5.73 Å².